The second-order valence-electron chi connectivity index (χ2n) is 6.24. The molecule has 4 amide bonds. The van der Waals surface area contributed by atoms with E-state index < -0.39 is 23.4 Å². The van der Waals surface area contributed by atoms with Crippen molar-refractivity contribution in [3.8, 4) is 11.5 Å². The first-order chi connectivity index (χ1) is 11.7. The highest BCUT2D eigenvalue weighted by Gasteiger charge is 2.49. The molecule has 0 saturated carbocycles. The highest BCUT2D eigenvalue weighted by molar-refractivity contribution is 6.09. The topological polar surface area (TPSA) is 97.0 Å². The van der Waals surface area contributed by atoms with Crippen molar-refractivity contribution in [2.75, 3.05) is 20.8 Å². The maximum Gasteiger partial charge on any atom is 0.325 e. The lowest BCUT2D eigenvalue weighted by Crippen LogP contribution is -2.44. The van der Waals surface area contributed by atoms with Crippen LogP contribution in [0.3, 0.4) is 0 Å². The van der Waals surface area contributed by atoms with Crippen molar-refractivity contribution < 1.29 is 23.9 Å². The molecule has 2 N–H and O–H groups in total. The first kappa shape index (κ1) is 18.6. The molecule has 1 heterocycles. The molecule has 8 nitrogen and oxygen atoms in total. The predicted octanol–water partition coefficient (Wildman–Crippen LogP) is 0.995. The third-order valence-corrected chi connectivity index (χ3v) is 3.99. The molecule has 1 aliphatic rings. The first-order valence-electron chi connectivity index (χ1n) is 7.89. The molecule has 0 spiro atoms. The van der Waals surface area contributed by atoms with Gasteiger partial charge < -0.3 is 20.1 Å². The van der Waals surface area contributed by atoms with Crippen LogP contribution in [0.5, 0.6) is 11.5 Å². The number of hydrogen-bond donors (Lipinski definition) is 2. The molecule has 1 aliphatic heterocycles. The van der Waals surface area contributed by atoms with Gasteiger partial charge in [0.2, 0.25) is 5.91 Å². The Labute approximate surface area is 146 Å². The zero-order valence-corrected chi connectivity index (χ0v) is 15.0. The van der Waals surface area contributed by atoms with Crippen molar-refractivity contribution in [3.05, 3.63) is 23.8 Å². The molecular formula is C17H23N3O5. The number of carbonyl (C=O) groups is 3. The number of methoxy groups -OCH3 is 2. The van der Waals surface area contributed by atoms with Crippen molar-refractivity contribution in [2.45, 2.75) is 32.4 Å². The average Bonchev–Trinajstić information content (AvgIpc) is 2.77. The summed E-state index contributed by atoms with van der Waals surface area (Å²) in [4.78, 5) is 37.9. The highest BCUT2D eigenvalue weighted by atomic mass is 16.5. The fraction of sp³-hybridized carbons (Fsp3) is 0.471. The lowest BCUT2D eigenvalue weighted by atomic mass is 9.91. The molecule has 136 valence electrons. The Morgan fingerprint density at radius 1 is 1.24 bits per heavy atom. The van der Waals surface area contributed by atoms with Crippen LogP contribution < -0.4 is 20.1 Å². The Balaban J connectivity index is 2.29. The summed E-state index contributed by atoms with van der Waals surface area (Å²) in [5.74, 6) is 0.0674. The summed E-state index contributed by atoms with van der Waals surface area (Å²) in [5, 5.41) is 5.32. The molecule has 1 aromatic carbocycles. The van der Waals surface area contributed by atoms with E-state index >= 15 is 0 Å². The lowest BCUT2D eigenvalue weighted by molar-refractivity contribution is -0.135. The van der Waals surface area contributed by atoms with E-state index in [1.165, 1.54) is 14.2 Å². The van der Waals surface area contributed by atoms with Crippen LogP contribution in [0.25, 0.3) is 0 Å². The molecule has 1 atom stereocenters. The van der Waals surface area contributed by atoms with E-state index in [1.807, 2.05) is 0 Å². The van der Waals surface area contributed by atoms with Gasteiger partial charge in [-0.1, -0.05) is 6.07 Å². The minimum Gasteiger partial charge on any atom is -0.493 e. The second-order valence-corrected chi connectivity index (χ2v) is 6.24. The summed E-state index contributed by atoms with van der Waals surface area (Å²) in [6.45, 7) is 4.87. The van der Waals surface area contributed by atoms with E-state index in [4.69, 9.17) is 9.47 Å². The molecule has 0 aromatic heterocycles. The van der Waals surface area contributed by atoms with Crippen LogP contribution in [0.2, 0.25) is 0 Å². The molecule has 0 aliphatic carbocycles. The summed E-state index contributed by atoms with van der Waals surface area (Å²) in [6.07, 6.45) is 0. The van der Waals surface area contributed by atoms with Crippen molar-refractivity contribution in [3.63, 3.8) is 0 Å². The largest absolute Gasteiger partial charge is 0.493 e. The van der Waals surface area contributed by atoms with Crippen LogP contribution >= 0.6 is 0 Å². The van der Waals surface area contributed by atoms with Crippen LogP contribution in [0, 0.1) is 0 Å². The number of nitrogens with one attached hydrogen (secondary N) is 2. The highest BCUT2D eigenvalue weighted by Crippen LogP contribution is 2.35. The van der Waals surface area contributed by atoms with E-state index in [0.717, 1.165) is 4.90 Å². The Kier molecular flexibility index (Phi) is 5.20. The molecule has 1 aromatic rings. The molecule has 8 heteroatoms. The normalized spacial score (nSPS) is 19.8. The third kappa shape index (κ3) is 3.52. The maximum absolute atomic E-state index is 12.8. The van der Waals surface area contributed by atoms with Gasteiger partial charge in [0.05, 0.1) is 14.2 Å². The Morgan fingerprint density at radius 2 is 1.88 bits per heavy atom. The molecule has 0 unspecified atom stereocenters. The number of benzene rings is 1. The fourth-order valence-corrected chi connectivity index (χ4v) is 2.69. The summed E-state index contributed by atoms with van der Waals surface area (Å²) >= 11 is 0. The van der Waals surface area contributed by atoms with Gasteiger partial charge in [-0.3, -0.25) is 14.5 Å². The fourth-order valence-electron chi connectivity index (χ4n) is 2.69. The molecular weight excluding hydrogens is 326 g/mol. The van der Waals surface area contributed by atoms with Crippen LogP contribution in [0.15, 0.2) is 18.2 Å². The number of ether oxygens (including phenoxy) is 2. The Bertz CT molecular complexity index is 704. The molecule has 0 radical (unpaired) electrons. The number of nitrogens with zero attached hydrogens (tertiary/aromatic N) is 1. The SMILES string of the molecule is COc1ccc([C@]2(C)NC(=O)N(CC(=O)NC(C)C)C2=O)cc1OC. The number of hydrogen-bond acceptors (Lipinski definition) is 5. The monoisotopic (exact) mass is 349 g/mol. The number of urea groups is 1. The minimum absolute atomic E-state index is 0.0782. The quantitative estimate of drug-likeness (QED) is 0.747. The van der Waals surface area contributed by atoms with E-state index in [1.54, 1.807) is 39.0 Å². The summed E-state index contributed by atoms with van der Waals surface area (Å²) in [7, 11) is 3.00. The van der Waals surface area contributed by atoms with Gasteiger partial charge in [-0.25, -0.2) is 4.79 Å². The van der Waals surface area contributed by atoms with Gasteiger partial charge in [-0.05, 0) is 38.5 Å². The number of amides is 4. The Hall–Kier alpha value is -2.77. The molecule has 0 bridgehead atoms. The van der Waals surface area contributed by atoms with Crippen LogP contribution in [0.4, 0.5) is 4.79 Å². The third-order valence-electron chi connectivity index (χ3n) is 3.99. The van der Waals surface area contributed by atoms with Gasteiger partial charge in [0.25, 0.3) is 5.91 Å². The zero-order chi connectivity index (χ0) is 18.8. The number of carbonyl (C=O) groups excluding carboxylic acids is 3. The second kappa shape index (κ2) is 7.00. The average molecular weight is 349 g/mol. The van der Waals surface area contributed by atoms with Crippen LogP contribution in [0.1, 0.15) is 26.3 Å². The van der Waals surface area contributed by atoms with Gasteiger partial charge in [0.15, 0.2) is 11.5 Å². The zero-order valence-electron chi connectivity index (χ0n) is 15.0. The lowest BCUT2D eigenvalue weighted by Gasteiger charge is -2.23. The molecule has 1 fully saturated rings. The first-order valence-corrected chi connectivity index (χ1v) is 7.89. The Morgan fingerprint density at radius 3 is 2.44 bits per heavy atom. The van der Waals surface area contributed by atoms with Crippen molar-refractivity contribution >= 4 is 17.8 Å². The van der Waals surface area contributed by atoms with Crippen molar-refractivity contribution in [2.24, 2.45) is 0 Å². The molecule has 2 rings (SSSR count). The standard InChI is InChI=1S/C17H23N3O5/c1-10(2)18-14(21)9-20-15(22)17(3,19-16(20)23)11-6-7-12(24-4)13(8-11)25-5/h6-8,10H,9H2,1-5H3,(H,18,21)(H,19,23)/t17-/m0/s1. The molecule has 25 heavy (non-hydrogen) atoms. The van der Waals surface area contributed by atoms with E-state index in [0.29, 0.717) is 17.1 Å². The van der Waals surface area contributed by atoms with Crippen LogP contribution in [-0.4, -0.2) is 49.6 Å². The predicted molar refractivity (Wildman–Crippen MR) is 90.4 cm³/mol. The smallest absolute Gasteiger partial charge is 0.325 e. The minimum atomic E-state index is -1.28. The molecule has 1 saturated heterocycles. The summed E-state index contributed by atoms with van der Waals surface area (Å²) in [6, 6.07) is 4.28. The van der Waals surface area contributed by atoms with Gasteiger partial charge >= 0.3 is 6.03 Å². The number of imide groups is 1. The van der Waals surface area contributed by atoms with Crippen molar-refractivity contribution in [1.29, 1.82) is 0 Å². The van der Waals surface area contributed by atoms with Crippen LogP contribution in [-0.2, 0) is 15.1 Å². The van der Waals surface area contributed by atoms with Gasteiger partial charge in [0.1, 0.15) is 12.1 Å². The van der Waals surface area contributed by atoms with E-state index in [9.17, 15) is 14.4 Å². The number of rotatable bonds is 6. The van der Waals surface area contributed by atoms with Gasteiger partial charge in [0, 0.05) is 6.04 Å². The van der Waals surface area contributed by atoms with Crippen molar-refractivity contribution in [1.82, 2.24) is 15.5 Å². The van der Waals surface area contributed by atoms with E-state index in [2.05, 4.69) is 10.6 Å². The van der Waals surface area contributed by atoms with E-state index in [-0.39, 0.29) is 12.6 Å². The summed E-state index contributed by atoms with van der Waals surface area (Å²) in [5.41, 5.74) is -0.746. The van der Waals surface area contributed by atoms with Gasteiger partial charge in [-0.15, -0.1) is 0 Å². The summed E-state index contributed by atoms with van der Waals surface area (Å²) < 4.78 is 10.4. The van der Waals surface area contributed by atoms with Gasteiger partial charge in [-0.2, -0.15) is 0 Å². The maximum atomic E-state index is 12.8.